The van der Waals surface area contributed by atoms with Gasteiger partial charge in [-0.3, -0.25) is 4.79 Å². The highest BCUT2D eigenvalue weighted by molar-refractivity contribution is 9.10. The molecule has 1 amide bonds. The van der Waals surface area contributed by atoms with Crippen molar-refractivity contribution in [3.8, 4) is 0 Å². The van der Waals surface area contributed by atoms with E-state index >= 15 is 0 Å². The summed E-state index contributed by atoms with van der Waals surface area (Å²) in [5.41, 5.74) is 1.56. The third kappa shape index (κ3) is 2.12. The summed E-state index contributed by atoms with van der Waals surface area (Å²) in [7, 11) is 1.83. The lowest BCUT2D eigenvalue weighted by Gasteiger charge is -2.07. The van der Waals surface area contributed by atoms with Crippen LogP contribution >= 0.6 is 27.7 Å². The third-order valence-electron chi connectivity index (χ3n) is 2.91. The number of fused-ring (bicyclic) bond motifs is 1. The van der Waals surface area contributed by atoms with E-state index in [2.05, 4.69) is 30.9 Å². The standard InChI is InChI=1S/C11H11BrN4OS/c1-16-3-2-8(10(16)17)18-11-14-7-4-6(12)5-13-9(7)15-11/h4-5,8H,2-3H2,1H3,(H,13,14,15). The van der Waals surface area contributed by atoms with Crippen LogP contribution in [0.3, 0.4) is 0 Å². The minimum atomic E-state index is -0.0287. The summed E-state index contributed by atoms with van der Waals surface area (Å²) >= 11 is 4.85. The second-order valence-electron chi connectivity index (χ2n) is 4.22. The number of likely N-dealkylation sites (tertiary alicyclic amines) is 1. The number of imidazole rings is 1. The van der Waals surface area contributed by atoms with Gasteiger partial charge >= 0.3 is 0 Å². The van der Waals surface area contributed by atoms with Crippen LogP contribution in [0.15, 0.2) is 21.9 Å². The van der Waals surface area contributed by atoms with Crippen molar-refractivity contribution in [1.82, 2.24) is 19.9 Å². The van der Waals surface area contributed by atoms with E-state index in [0.717, 1.165) is 28.1 Å². The molecule has 1 aliphatic heterocycles. The molecule has 2 aromatic heterocycles. The Morgan fingerprint density at radius 3 is 3.17 bits per heavy atom. The largest absolute Gasteiger partial charge is 0.345 e. The number of nitrogens with one attached hydrogen (secondary N) is 1. The molecule has 1 atom stereocenters. The zero-order valence-electron chi connectivity index (χ0n) is 9.68. The molecule has 18 heavy (non-hydrogen) atoms. The van der Waals surface area contributed by atoms with Crippen LogP contribution in [0.25, 0.3) is 11.2 Å². The SMILES string of the molecule is CN1CCC(Sc2nc3ncc(Br)cc3[nH]2)C1=O. The maximum absolute atomic E-state index is 11.8. The molecule has 0 spiro atoms. The molecule has 94 valence electrons. The van der Waals surface area contributed by atoms with Gasteiger partial charge in [0.2, 0.25) is 5.91 Å². The molecule has 0 bridgehead atoms. The van der Waals surface area contributed by atoms with Gasteiger partial charge in [-0.1, -0.05) is 11.8 Å². The highest BCUT2D eigenvalue weighted by Crippen LogP contribution is 2.29. The van der Waals surface area contributed by atoms with Crippen LogP contribution in [0.5, 0.6) is 0 Å². The number of carbonyl (C=O) groups excluding carboxylic acids is 1. The summed E-state index contributed by atoms with van der Waals surface area (Å²) in [4.78, 5) is 25.4. The van der Waals surface area contributed by atoms with E-state index in [-0.39, 0.29) is 11.2 Å². The zero-order valence-corrected chi connectivity index (χ0v) is 12.1. The third-order valence-corrected chi connectivity index (χ3v) is 4.49. The van der Waals surface area contributed by atoms with Crippen molar-refractivity contribution >= 4 is 44.8 Å². The van der Waals surface area contributed by atoms with E-state index in [4.69, 9.17) is 0 Å². The molecule has 1 aliphatic rings. The van der Waals surface area contributed by atoms with Gasteiger partial charge in [0, 0.05) is 24.3 Å². The molecule has 2 aromatic rings. The van der Waals surface area contributed by atoms with E-state index in [0.29, 0.717) is 5.65 Å². The number of hydrogen-bond acceptors (Lipinski definition) is 4. The Balaban J connectivity index is 1.85. The molecule has 0 saturated carbocycles. The molecule has 0 radical (unpaired) electrons. The number of hydrogen-bond donors (Lipinski definition) is 1. The first-order valence-electron chi connectivity index (χ1n) is 5.56. The number of nitrogens with zero attached hydrogens (tertiary/aromatic N) is 3. The van der Waals surface area contributed by atoms with Gasteiger partial charge in [-0.25, -0.2) is 9.97 Å². The van der Waals surface area contributed by atoms with Crippen LogP contribution in [0.4, 0.5) is 0 Å². The average molecular weight is 327 g/mol. The number of carbonyl (C=O) groups is 1. The smallest absolute Gasteiger partial charge is 0.235 e. The van der Waals surface area contributed by atoms with Gasteiger partial charge in [-0.2, -0.15) is 0 Å². The highest BCUT2D eigenvalue weighted by Gasteiger charge is 2.30. The van der Waals surface area contributed by atoms with Crippen molar-refractivity contribution in [2.45, 2.75) is 16.8 Å². The average Bonchev–Trinajstić information content (AvgIpc) is 2.86. The fourth-order valence-electron chi connectivity index (χ4n) is 1.94. The second-order valence-corrected chi connectivity index (χ2v) is 6.33. The Kier molecular flexibility index (Phi) is 3.03. The Morgan fingerprint density at radius 2 is 2.44 bits per heavy atom. The van der Waals surface area contributed by atoms with E-state index in [1.807, 2.05) is 13.1 Å². The number of pyridine rings is 1. The predicted molar refractivity (Wildman–Crippen MR) is 73.5 cm³/mol. The molecule has 1 N–H and O–H groups in total. The molecule has 0 aliphatic carbocycles. The summed E-state index contributed by atoms with van der Waals surface area (Å²) in [6.45, 7) is 0.820. The lowest BCUT2D eigenvalue weighted by molar-refractivity contribution is -0.126. The molecular weight excluding hydrogens is 316 g/mol. The normalized spacial score (nSPS) is 20.0. The summed E-state index contributed by atoms with van der Waals surface area (Å²) in [5, 5.41) is 0.725. The Bertz CT molecular complexity index is 614. The van der Waals surface area contributed by atoms with E-state index in [1.54, 1.807) is 11.1 Å². The zero-order chi connectivity index (χ0) is 12.7. The van der Waals surface area contributed by atoms with Gasteiger partial charge < -0.3 is 9.88 Å². The van der Waals surface area contributed by atoms with E-state index in [1.165, 1.54) is 11.8 Å². The van der Waals surface area contributed by atoms with Gasteiger partial charge in [-0.05, 0) is 28.4 Å². The number of amides is 1. The van der Waals surface area contributed by atoms with Crippen molar-refractivity contribution in [1.29, 1.82) is 0 Å². The van der Waals surface area contributed by atoms with Crippen LogP contribution in [0.1, 0.15) is 6.42 Å². The van der Waals surface area contributed by atoms with Gasteiger partial charge in [0.05, 0.1) is 10.8 Å². The van der Waals surface area contributed by atoms with Crippen LogP contribution < -0.4 is 0 Å². The lowest BCUT2D eigenvalue weighted by atomic mass is 10.4. The summed E-state index contributed by atoms with van der Waals surface area (Å²) < 4.78 is 0.909. The van der Waals surface area contributed by atoms with Gasteiger partial charge in [0.1, 0.15) is 0 Å². The first kappa shape index (κ1) is 12.0. The molecule has 1 unspecified atom stereocenters. The topological polar surface area (TPSA) is 61.9 Å². The molecule has 1 saturated heterocycles. The van der Waals surface area contributed by atoms with E-state index in [9.17, 15) is 4.79 Å². The summed E-state index contributed by atoms with van der Waals surface area (Å²) in [5.74, 6) is 0.176. The first-order valence-corrected chi connectivity index (χ1v) is 7.23. The minimum Gasteiger partial charge on any atom is -0.345 e. The molecular formula is C11H11BrN4OS. The minimum absolute atomic E-state index is 0.0287. The van der Waals surface area contributed by atoms with Crippen molar-refractivity contribution in [2.75, 3.05) is 13.6 Å². The van der Waals surface area contributed by atoms with Crippen molar-refractivity contribution < 1.29 is 4.79 Å². The molecule has 0 aromatic carbocycles. The van der Waals surface area contributed by atoms with Crippen LogP contribution in [-0.4, -0.2) is 44.6 Å². The quantitative estimate of drug-likeness (QED) is 0.917. The van der Waals surface area contributed by atoms with Gasteiger partial charge in [-0.15, -0.1) is 0 Å². The summed E-state index contributed by atoms with van der Waals surface area (Å²) in [6, 6.07) is 1.93. The maximum Gasteiger partial charge on any atom is 0.235 e. The van der Waals surface area contributed by atoms with Crippen LogP contribution in [0, 0.1) is 0 Å². The van der Waals surface area contributed by atoms with Gasteiger partial charge in [0.15, 0.2) is 10.8 Å². The maximum atomic E-state index is 11.8. The monoisotopic (exact) mass is 326 g/mol. The van der Waals surface area contributed by atoms with Gasteiger partial charge in [0.25, 0.3) is 0 Å². The van der Waals surface area contributed by atoms with E-state index < -0.39 is 0 Å². The number of H-pyrrole nitrogens is 1. The Morgan fingerprint density at radius 1 is 1.61 bits per heavy atom. The number of thioether (sulfide) groups is 1. The molecule has 3 heterocycles. The molecule has 1 fully saturated rings. The van der Waals surface area contributed by atoms with Crippen molar-refractivity contribution in [3.05, 3.63) is 16.7 Å². The number of aromatic nitrogens is 3. The Labute approximate surface area is 116 Å². The molecule has 3 rings (SSSR count). The van der Waals surface area contributed by atoms with Crippen LogP contribution in [0.2, 0.25) is 0 Å². The predicted octanol–water partition coefficient (Wildman–Crippen LogP) is 2.04. The second kappa shape index (κ2) is 4.55. The van der Waals surface area contributed by atoms with Crippen molar-refractivity contribution in [3.63, 3.8) is 0 Å². The number of aromatic amines is 1. The molecule has 5 nitrogen and oxygen atoms in total. The van der Waals surface area contributed by atoms with Crippen molar-refractivity contribution in [2.24, 2.45) is 0 Å². The fraction of sp³-hybridized carbons (Fsp3) is 0.364. The first-order chi connectivity index (χ1) is 8.63. The highest BCUT2D eigenvalue weighted by atomic mass is 79.9. The molecule has 7 heteroatoms. The lowest BCUT2D eigenvalue weighted by Crippen LogP contribution is -2.23. The fourth-order valence-corrected chi connectivity index (χ4v) is 3.36. The number of rotatable bonds is 2. The Hall–Kier alpha value is -1.08. The summed E-state index contributed by atoms with van der Waals surface area (Å²) in [6.07, 6.45) is 2.58. The van der Waals surface area contributed by atoms with Crippen LogP contribution in [-0.2, 0) is 4.79 Å². The number of halogens is 1.